The number of piperidine rings is 1. The van der Waals surface area contributed by atoms with Gasteiger partial charge in [-0.05, 0) is 117 Å². The summed E-state index contributed by atoms with van der Waals surface area (Å²) < 4.78 is 26.1. The molecule has 168 valence electrons. The van der Waals surface area contributed by atoms with Crippen LogP contribution in [0.2, 0.25) is 0 Å². The highest BCUT2D eigenvalue weighted by molar-refractivity contribution is 7.91. The number of sulfone groups is 1. The first-order valence-corrected chi connectivity index (χ1v) is 12.7. The van der Waals surface area contributed by atoms with E-state index in [-0.39, 0.29) is 0 Å². The summed E-state index contributed by atoms with van der Waals surface area (Å²) in [4.78, 5) is 3.16. The minimum atomic E-state index is -3.50. The van der Waals surface area contributed by atoms with Crippen molar-refractivity contribution in [1.82, 2.24) is 4.90 Å². The van der Waals surface area contributed by atoms with Gasteiger partial charge >= 0.3 is 0 Å². The van der Waals surface area contributed by atoms with Crippen molar-refractivity contribution in [3.63, 3.8) is 0 Å². The molecule has 1 heterocycles. The number of likely N-dealkylation sites (tertiary alicyclic amines) is 1. The molecule has 0 atom stereocenters. The lowest BCUT2D eigenvalue weighted by Crippen LogP contribution is -2.32. The smallest absolute Gasteiger partial charge is 0.206 e. The quantitative estimate of drug-likeness (QED) is 0.530. The van der Waals surface area contributed by atoms with E-state index in [2.05, 4.69) is 24.0 Å². The van der Waals surface area contributed by atoms with Crippen LogP contribution < -0.4 is 5.73 Å². The topological polar surface area (TPSA) is 63.4 Å². The molecule has 5 heteroatoms. The summed E-state index contributed by atoms with van der Waals surface area (Å²) in [6.07, 6.45) is 2.23. The Morgan fingerprint density at radius 2 is 1.47 bits per heavy atom. The number of nitrogens with zero attached hydrogens (tertiary/aromatic N) is 1. The van der Waals surface area contributed by atoms with Gasteiger partial charge in [0, 0.05) is 12.2 Å². The molecule has 4 nitrogen and oxygen atoms in total. The van der Waals surface area contributed by atoms with Crippen LogP contribution in [-0.2, 0) is 16.4 Å². The van der Waals surface area contributed by atoms with E-state index in [0.717, 1.165) is 54.9 Å². The lowest BCUT2D eigenvalue weighted by Gasteiger charge is -2.33. The molecule has 1 aliphatic heterocycles. The van der Waals surface area contributed by atoms with E-state index in [0.29, 0.717) is 15.7 Å². The third-order valence-corrected chi connectivity index (χ3v) is 8.23. The molecular weight excluding hydrogens is 416 g/mol. The van der Waals surface area contributed by atoms with E-state index in [1.165, 1.54) is 11.1 Å². The summed E-state index contributed by atoms with van der Waals surface area (Å²) in [6, 6.07) is 19.1. The normalized spacial score (nSPS) is 15.7. The standard InChI is InChI=1S/C27H32N2O2S/c1-19-14-20(2)16-26(15-19)32(30,31)25-8-5-22(6-9-25)18-29-12-10-23(11-13-29)27-17-24(28)7-4-21(27)3/h4-9,14-17,23H,10-13,18,28H2,1-3H3. The molecule has 0 unspecified atom stereocenters. The highest BCUT2D eigenvalue weighted by atomic mass is 32.2. The van der Waals surface area contributed by atoms with Gasteiger partial charge in [0.1, 0.15) is 0 Å². The first kappa shape index (κ1) is 22.6. The number of anilines is 1. The van der Waals surface area contributed by atoms with Gasteiger partial charge in [0.2, 0.25) is 9.84 Å². The van der Waals surface area contributed by atoms with Gasteiger partial charge in [0.25, 0.3) is 0 Å². The number of nitrogen functional groups attached to an aromatic ring is 1. The number of nitrogens with two attached hydrogens (primary N) is 1. The maximum absolute atomic E-state index is 13.0. The van der Waals surface area contributed by atoms with E-state index >= 15 is 0 Å². The Balaban J connectivity index is 1.41. The lowest BCUT2D eigenvalue weighted by atomic mass is 9.86. The third kappa shape index (κ3) is 4.89. The SMILES string of the molecule is Cc1cc(C)cc(S(=O)(=O)c2ccc(CN3CCC(c4cc(N)ccc4C)CC3)cc2)c1. The minimum Gasteiger partial charge on any atom is -0.399 e. The van der Waals surface area contributed by atoms with Gasteiger partial charge in [-0.2, -0.15) is 0 Å². The van der Waals surface area contributed by atoms with Gasteiger partial charge in [-0.15, -0.1) is 0 Å². The Morgan fingerprint density at radius 1 is 0.844 bits per heavy atom. The van der Waals surface area contributed by atoms with Crippen molar-refractivity contribution in [3.8, 4) is 0 Å². The molecule has 0 bridgehead atoms. The summed E-state index contributed by atoms with van der Waals surface area (Å²) in [7, 11) is -3.50. The number of hydrogen-bond donors (Lipinski definition) is 1. The van der Waals surface area contributed by atoms with Crippen LogP contribution in [0.15, 0.2) is 70.5 Å². The van der Waals surface area contributed by atoms with E-state index in [1.54, 1.807) is 24.3 Å². The molecule has 0 spiro atoms. The molecule has 0 radical (unpaired) electrons. The van der Waals surface area contributed by atoms with Crippen molar-refractivity contribution in [3.05, 3.63) is 88.5 Å². The monoisotopic (exact) mass is 448 g/mol. The van der Waals surface area contributed by atoms with Gasteiger partial charge in [-0.3, -0.25) is 4.90 Å². The van der Waals surface area contributed by atoms with Crippen molar-refractivity contribution in [2.75, 3.05) is 18.8 Å². The van der Waals surface area contributed by atoms with E-state index < -0.39 is 9.84 Å². The maximum atomic E-state index is 13.0. The van der Waals surface area contributed by atoms with Crippen LogP contribution in [0.25, 0.3) is 0 Å². The van der Waals surface area contributed by atoms with Gasteiger partial charge in [-0.25, -0.2) is 8.42 Å². The fourth-order valence-corrected chi connectivity index (χ4v) is 6.21. The lowest BCUT2D eigenvalue weighted by molar-refractivity contribution is 0.204. The Bertz CT molecular complexity index is 1190. The van der Waals surface area contributed by atoms with Crippen molar-refractivity contribution in [1.29, 1.82) is 0 Å². The van der Waals surface area contributed by atoms with Crippen LogP contribution in [0.5, 0.6) is 0 Å². The Labute approximate surface area is 192 Å². The van der Waals surface area contributed by atoms with E-state index in [9.17, 15) is 8.42 Å². The molecule has 0 aliphatic carbocycles. The van der Waals surface area contributed by atoms with E-state index in [1.807, 2.05) is 38.1 Å². The largest absolute Gasteiger partial charge is 0.399 e. The van der Waals surface area contributed by atoms with Crippen LogP contribution >= 0.6 is 0 Å². The highest BCUT2D eigenvalue weighted by Gasteiger charge is 2.23. The number of rotatable bonds is 5. The van der Waals surface area contributed by atoms with Crippen LogP contribution in [0.3, 0.4) is 0 Å². The molecule has 1 fully saturated rings. The number of benzene rings is 3. The number of aryl methyl sites for hydroxylation is 3. The first-order chi connectivity index (χ1) is 15.2. The zero-order chi connectivity index (χ0) is 22.9. The molecule has 4 rings (SSSR count). The third-order valence-electron chi connectivity index (χ3n) is 6.48. The second-order valence-electron chi connectivity index (χ2n) is 9.14. The fourth-order valence-electron chi connectivity index (χ4n) is 4.76. The van der Waals surface area contributed by atoms with Crippen molar-refractivity contribution < 1.29 is 8.42 Å². The molecule has 32 heavy (non-hydrogen) atoms. The molecular formula is C27H32N2O2S. The molecule has 0 aromatic heterocycles. The highest BCUT2D eigenvalue weighted by Crippen LogP contribution is 2.32. The molecule has 2 N–H and O–H groups in total. The van der Waals surface area contributed by atoms with Crippen LogP contribution in [0.1, 0.15) is 46.6 Å². The van der Waals surface area contributed by atoms with E-state index in [4.69, 9.17) is 5.73 Å². The Hall–Kier alpha value is -2.63. The second kappa shape index (κ2) is 9.08. The molecule has 3 aromatic carbocycles. The van der Waals surface area contributed by atoms with Gasteiger partial charge < -0.3 is 5.73 Å². The molecule has 1 aliphatic rings. The van der Waals surface area contributed by atoms with Crippen LogP contribution in [-0.4, -0.2) is 26.4 Å². The maximum Gasteiger partial charge on any atom is 0.206 e. The number of hydrogen-bond acceptors (Lipinski definition) is 4. The minimum absolute atomic E-state index is 0.349. The average Bonchev–Trinajstić information content (AvgIpc) is 2.76. The molecule has 0 saturated carbocycles. The van der Waals surface area contributed by atoms with Crippen molar-refractivity contribution in [2.24, 2.45) is 0 Å². The summed E-state index contributed by atoms with van der Waals surface area (Å²) in [5, 5.41) is 0. The first-order valence-electron chi connectivity index (χ1n) is 11.2. The fraction of sp³-hybridized carbons (Fsp3) is 0.333. The molecule has 0 amide bonds. The zero-order valence-corrected chi connectivity index (χ0v) is 20.0. The predicted molar refractivity (Wildman–Crippen MR) is 131 cm³/mol. The summed E-state index contributed by atoms with van der Waals surface area (Å²) in [5.41, 5.74) is 12.6. The van der Waals surface area contributed by atoms with Gasteiger partial charge in [0.05, 0.1) is 9.79 Å². The summed E-state index contributed by atoms with van der Waals surface area (Å²) >= 11 is 0. The van der Waals surface area contributed by atoms with Crippen molar-refractivity contribution >= 4 is 15.5 Å². The van der Waals surface area contributed by atoms with Gasteiger partial charge in [-0.1, -0.05) is 24.3 Å². The van der Waals surface area contributed by atoms with Crippen molar-refractivity contribution in [2.45, 2.75) is 55.9 Å². The summed E-state index contributed by atoms with van der Waals surface area (Å²) in [6.45, 7) is 8.91. The Morgan fingerprint density at radius 3 is 2.09 bits per heavy atom. The zero-order valence-electron chi connectivity index (χ0n) is 19.1. The predicted octanol–water partition coefficient (Wildman–Crippen LogP) is 5.41. The summed E-state index contributed by atoms with van der Waals surface area (Å²) in [5.74, 6) is 0.556. The van der Waals surface area contributed by atoms with Crippen LogP contribution in [0, 0.1) is 20.8 Å². The second-order valence-corrected chi connectivity index (χ2v) is 11.1. The van der Waals surface area contributed by atoms with Gasteiger partial charge in [0.15, 0.2) is 0 Å². The molecule has 1 saturated heterocycles. The molecule has 3 aromatic rings. The average molecular weight is 449 g/mol. The Kier molecular flexibility index (Phi) is 6.40. The van der Waals surface area contributed by atoms with Crippen LogP contribution in [0.4, 0.5) is 5.69 Å².